The Morgan fingerprint density at radius 3 is 2.65 bits per heavy atom. The van der Waals surface area contributed by atoms with Crippen LogP contribution >= 0.6 is 0 Å². The number of hydrogen-bond acceptors (Lipinski definition) is 5. The van der Waals surface area contributed by atoms with Gasteiger partial charge in [-0.05, 0) is 18.4 Å². The van der Waals surface area contributed by atoms with Gasteiger partial charge in [0, 0.05) is 6.42 Å². The minimum atomic E-state index is -1.02. The van der Waals surface area contributed by atoms with E-state index in [9.17, 15) is 4.79 Å². The molecule has 1 heterocycles. The molecule has 0 aliphatic heterocycles. The lowest BCUT2D eigenvalue weighted by Gasteiger charge is -1.98. The monoisotopic (exact) mass is 276 g/mol. The Bertz CT molecular complexity index is 539. The SMILES string of the molecule is O=C(O)COCc1nnc(CCCc2ccccc2)o1. The normalized spacial score (nSPS) is 10.6. The molecule has 1 N–H and O–H groups in total. The van der Waals surface area contributed by atoms with Crippen LogP contribution in [-0.2, 0) is 29.0 Å². The van der Waals surface area contributed by atoms with Crippen LogP contribution in [0.2, 0.25) is 0 Å². The highest BCUT2D eigenvalue weighted by Gasteiger charge is 2.07. The molecule has 0 radical (unpaired) electrons. The largest absolute Gasteiger partial charge is 0.480 e. The number of benzene rings is 1. The van der Waals surface area contributed by atoms with Crippen LogP contribution in [0.5, 0.6) is 0 Å². The third-order valence-electron chi connectivity index (χ3n) is 2.66. The predicted molar refractivity (Wildman–Crippen MR) is 70.1 cm³/mol. The maximum Gasteiger partial charge on any atom is 0.329 e. The number of rotatable bonds is 8. The zero-order valence-electron chi connectivity index (χ0n) is 11.0. The fourth-order valence-corrected chi connectivity index (χ4v) is 1.76. The molecule has 0 saturated carbocycles. The van der Waals surface area contributed by atoms with E-state index >= 15 is 0 Å². The molecular weight excluding hydrogens is 260 g/mol. The summed E-state index contributed by atoms with van der Waals surface area (Å²) in [6.07, 6.45) is 2.57. The average molecular weight is 276 g/mol. The van der Waals surface area contributed by atoms with E-state index in [-0.39, 0.29) is 13.2 Å². The molecule has 0 bridgehead atoms. The summed E-state index contributed by atoms with van der Waals surface area (Å²) in [5.41, 5.74) is 1.28. The third-order valence-corrected chi connectivity index (χ3v) is 2.66. The third kappa shape index (κ3) is 4.81. The minimum absolute atomic E-state index is 0.0258. The molecule has 1 aromatic carbocycles. The average Bonchev–Trinajstić information content (AvgIpc) is 2.87. The molecule has 2 aromatic rings. The number of nitrogens with zero attached hydrogens (tertiary/aromatic N) is 2. The number of hydrogen-bond donors (Lipinski definition) is 1. The van der Waals surface area contributed by atoms with Crippen LogP contribution in [0.3, 0.4) is 0 Å². The fourth-order valence-electron chi connectivity index (χ4n) is 1.76. The van der Waals surface area contributed by atoms with E-state index in [1.54, 1.807) is 0 Å². The quantitative estimate of drug-likeness (QED) is 0.792. The summed E-state index contributed by atoms with van der Waals surface area (Å²) >= 11 is 0. The van der Waals surface area contributed by atoms with E-state index in [1.165, 1.54) is 5.56 Å². The van der Waals surface area contributed by atoms with E-state index < -0.39 is 5.97 Å². The van der Waals surface area contributed by atoms with E-state index in [2.05, 4.69) is 22.3 Å². The standard InChI is InChI=1S/C14H16N2O4/c17-14(18)10-19-9-13-16-15-12(20-13)8-4-7-11-5-2-1-3-6-11/h1-3,5-6H,4,7-10H2,(H,17,18). The van der Waals surface area contributed by atoms with Crippen molar-refractivity contribution in [1.29, 1.82) is 0 Å². The van der Waals surface area contributed by atoms with Crippen molar-refractivity contribution in [2.75, 3.05) is 6.61 Å². The molecule has 2 rings (SSSR count). The summed E-state index contributed by atoms with van der Waals surface area (Å²) in [6.45, 7) is -0.344. The second-order valence-electron chi connectivity index (χ2n) is 4.32. The highest BCUT2D eigenvalue weighted by Crippen LogP contribution is 2.08. The summed E-state index contributed by atoms with van der Waals surface area (Å²) in [5, 5.41) is 16.1. The lowest BCUT2D eigenvalue weighted by molar-refractivity contribution is -0.142. The van der Waals surface area contributed by atoms with E-state index in [4.69, 9.17) is 14.3 Å². The summed E-state index contributed by atoms with van der Waals surface area (Å²) in [5.74, 6) is -0.164. The van der Waals surface area contributed by atoms with Crippen molar-refractivity contribution in [3.8, 4) is 0 Å². The van der Waals surface area contributed by atoms with Gasteiger partial charge in [0.2, 0.25) is 11.8 Å². The zero-order chi connectivity index (χ0) is 14.2. The van der Waals surface area contributed by atoms with Crippen LogP contribution < -0.4 is 0 Å². The van der Waals surface area contributed by atoms with Crippen LogP contribution in [0.15, 0.2) is 34.7 Å². The fraction of sp³-hybridized carbons (Fsp3) is 0.357. The molecule has 0 fully saturated rings. The molecular formula is C14H16N2O4. The van der Waals surface area contributed by atoms with Gasteiger partial charge in [-0.3, -0.25) is 0 Å². The first-order valence-electron chi connectivity index (χ1n) is 6.39. The second-order valence-corrected chi connectivity index (χ2v) is 4.32. The van der Waals surface area contributed by atoms with Gasteiger partial charge in [0.25, 0.3) is 0 Å². The van der Waals surface area contributed by atoms with Crippen molar-refractivity contribution in [2.45, 2.75) is 25.9 Å². The number of carboxylic acid groups (broad SMARTS) is 1. The number of ether oxygens (including phenoxy) is 1. The molecule has 20 heavy (non-hydrogen) atoms. The van der Waals surface area contributed by atoms with E-state index in [0.29, 0.717) is 18.2 Å². The van der Waals surface area contributed by atoms with Crippen molar-refractivity contribution in [2.24, 2.45) is 0 Å². The van der Waals surface area contributed by atoms with E-state index in [1.807, 2.05) is 18.2 Å². The van der Waals surface area contributed by atoms with Crippen LogP contribution in [0.4, 0.5) is 0 Å². The maximum absolute atomic E-state index is 10.3. The van der Waals surface area contributed by atoms with Gasteiger partial charge >= 0.3 is 5.97 Å². The Morgan fingerprint density at radius 1 is 1.15 bits per heavy atom. The number of carbonyl (C=O) groups is 1. The molecule has 106 valence electrons. The first-order valence-corrected chi connectivity index (χ1v) is 6.39. The van der Waals surface area contributed by atoms with Gasteiger partial charge in [-0.15, -0.1) is 10.2 Å². The molecule has 0 saturated heterocycles. The van der Waals surface area contributed by atoms with Gasteiger partial charge in [-0.1, -0.05) is 30.3 Å². The predicted octanol–water partition coefficient (Wildman–Crippen LogP) is 1.85. The zero-order valence-corrected chi connectivity index (χ0v) is 11.0. The Hall–Kier alpha value is -2.21. The van der Waals surface area contributed by atoms with Gasteiger partial charge in [0.1, 0.15) is 13.2 Å². The van der Waals surface area contributed by atoms with Crippen molar-refractivity contribution in [3.63, 3.8) is 0 Å². The molecule has 1 aromatic heterocycles. The molecule has 0 aliphatic carbocycles. The van der Waals surface area contributed by atoms with E-state index in [0.717, 1.165) is 12.8 Å². The highest BCUT2D eigenvalue weighted by atomic mass is 16.5. The van der Waals surface area contributed by atoms with Crippen molar-refractivity contribution in [1.82, 2.24) is 10.2 Å². The molecule has 0 unspecified atom stereocenters. The Labute approximate surface area is 116 Å². The van der Waals surface area contributed by atoms with Crippen molar-refractivity contribution < 1.29 is 19.1 Å². The highest BCUT2D eigenvalue weighted by molar-refractivity contribution is 5.67. The van der Waals surface area contributed by atoms with Gasteiger partial charge in [0.05, 0.1) is 0 Å². The number of aromatic nitrogens is 2. The van der Waals surface area contributed by atoms with Crippen molar-refractivity contribution >= 4 is 5.97 Å². The van der Waals surface area contributed by atoms with Crippen molar-refractivity contribution in [3.05, 3.63) is 47.7 Å². The number of carboxylic acids is 1. The summed E-state index contributed by atoms with van der Waals surface area (Å²) < 4.78 is 10.2. The first-order chi connectivity index (χ1) is 9.74. The number of aliphatic carboxylic acids is 1. The van der Waals surface area contributed by atoms with Crippen LogP contribution in [0.1, 0.15) is 23.8 Å². The van der Waals surface area contributed by atoms with Gasteiger partial charge in [0.15, 0.2) is 0 Å². The van der Waals surface area contributed by atoms with Crippen LogP contribution in [-0.4, -0.2) is 27.9 Å². The Balaban J connectivity index is 1.71. The van der Waals surface area contributed by atoms with Gasteiger partial charge in [-0.25, -0.2) is 4.79 Å². The summed E-state index contributed by atoms with van der Waals surface area (Å²) in [4.78, 5) is 10.3. The Morgan fingerprint density at radius 2 is 1.90 bits per heavy atom. The summed E-state index contributed by atoms with van der Waals surface area (Å²) in [7, 11) is 0. The van der Waals surface area contributed by atoms with Gasteiger partial charge < -0.3 is 14.3 Å². The Kier molecular flexibility index (Phi) is 5.25. The van der Waals surface area contributed by atoms with Crippen LogP contribution in [0, 0.1) is 0 Å². The molecule has 0 aliphatic rings. The first kappa shape index (κ1) is 14.2. The maximum atomic E-state index is 10.3. The lowest BCUT2D eigenvalue weighted by Crippen LogP contribution is -2.06. The lowest BCUT2D eigenvalue weighted by atomic mass is 10.1. The molecule has 6 heteroatoms. The molecule has 0 spiro atoms. The molecule has 0 amide bonds. The number of aryl methyl sites for hydroxylation is 2. The summed E-state index contributed by atoms with van der Waals surface area (Å²) in [6, 6.07) is 10.2. The smallest absolute Gasteiger partial charge is 0.329 e. The van der Waals surface area contributed by atoms with Gasteiger partial charge in [-0.2, -0.15) is 0 Å². The molecule has 6 nitrogen and oxygen atoms in total. The topological polar surface area (TPSA) is 85.5 Å². The molecule has 0 atom stereocenters. The van der Waals surface area contributed by atoms with Crippen LogP contribution in [0.25, 0.3) is 0 Å². The second kappa shape index (κ2) is 7.40. The minimum Gasteiger partial charge on any atom is -0.480 e.